The van der Waals surface area contributed by atoms with E-state index in [1.54, 1.807) is 0 Å². The van der Waals surface area contributed by atoms with Crippen LogP contribution in [0.4, 0.5) is 0 Å². The van der Waals surface area contributed by atoms with Crippen LogP contribution in [0.15, 0.2) is 24.3 Å². The molecule has 25 heavy (non-hydrogen) atoms. The average Bonchev–Trinajstić information content (AvgIpc) is 3.04. The number of aliphatic hydroxyl groups is 1. The van der Waals surface area contributed by atoms with E-state index >= 15 is 0 Å². The van der Waals surface area contributed by atoms with E-state index in [1.807, 2.05) is 12.2 Å². The number of carboxylic acids is 2. The van der Waals surface area contributed by atoms with E-state index in [1.165, 1.54) is 28.4 Å². The molecule has 154 valence electrons. The molecule has 1 rings (SSSR count). The van der Waals surface area contributed by atoms with Crippen molar-refractivity contribution in [3.8, 4) is 0 Å². The third kappa shape index (κ3) is 16.9. The molecule has 0 fully saturated rings. The minimum Gasteiger partial charge on any atom is -0.477 e. The quantitative estimate of drug-likeness (QED) is 0.389. The molecule has 9 nitrogen and oxygen atoms in total. The Bertz CT molecular complexity index is 356. The van der Waals surface area contributed by atoms with Crippen molar-refractivity contribution in [2.75, 3.05) is 35.0 Å². The maximum Gasteiger partial charge on any atom is 0.361 e. The molecular formula is C15H26O9Yb. The zero-order valence-corrected chi connectivity index (χ0v) is 16.2. The molecule has 1 aliphatic rings. The maximum absolute atomic E-state index is 9.91. The van der Waals surface area contributed by atoms with Crippen molar-refractivity contribution in [1.29, 1.82) is 0 Å². The topological polar surface area (TPSA) is 132 Å². The molecule has 0 atom stereocenters. The largest absolute Gasteiger partial charge is 0.477 e. The van der Waals surface area contributed by atoms with Crippen LogP contribution in [0.1, 0.15) is 6.42 Å². The SMILES string of the molecule is COC(OC)C(=O)O.COC(OC)C(=O)O.OCCC1C=CC=C1.[Yb]. The van der Waals surface area contributed by atoms with Crippen LogP contribution in [-0.4, -0.2) is 74.9 Å². The molecule has 1 aliphatic carbocycles. The van der Waals surface area contributed by atoms with Gasteiger partial charge in [0.2, 0.25) is 0 Å². The summed E-state index contributed by atoms with van der Waals surface area (Å²) in [6.07, 6.45) is 6.82. The standard InChI is InChI=1S/C7H10O.2C4H8O4.Yb/c8-6-5-7-3-1-2-4-7;2*1-7-4(8-2)3(5)6;/h1-4,7-8H,5-6H2;2*4H,1-2H3,(H,5,6);. The molecule has 0 aromatic carbocycles. The molecule has 0 heterocycles. The fourth-order valence-electron chi connectivity index (χ4n) is 1.42. The Morgan fingerprint density at radius 1 is 0.880 bits per heavy atom. The van der Waals surface area contributed by atoms with Gasteiger partial charge in [-0.3, -0.25) is 0 Å². The molecule has 0 aromatic rings. The van der Waals surface area contributed by atoms with Crippen molar-refractivity contribution in [2.24, 2.45) is 5.92 Å². The zero-order valence-electron chi connectivity index (χ0n) is 14.5. The van der Waals surface area contributed by atoms with Crippen LogP contribution in [0.25, 0.3) is 0 Å². The number of carboxylic acid groups (broad SMARTS) is 2. The van der Waals surface area contributed by atoms with Gasteiger partial charge in [0.25, 0.3) is 12.6 Å². The Morgan fingerprint density at radius 2 is 1.20 bits per heavy atom. The second kappa shape index (κ2) is 20.1. The normalized spacial score (nSPS) is 12.1. The number of ether oxygens (including phenoxy) is 4. The van der Waals surface area contributed by atoms with E-state index in [0.717, 1.165) is 6.42 Å². The van der Waals surface area contributed by atoms with E-state index in [9.17, 15) is 9.59 Å². The summed E-state index contributed by atoms with van der Waals surface area (Å²) in [5, 5.41) is 24.7. The number of methoxy groups -OCH3 is 4. The van der Waals surface area contributed by atoms with Crippen LogP contribution in [0.3, 0.4) is 0 Å². The van der Waals surface area contributed by atoms with Crippen molar-refractivity contribution in [3.63, 3.8) is 0 Å². The number of rotatable bonds is 8. The molecule has 0 radical (unpaired) electrons. The van der Waals surface area contributed by atoms with Gasteiger partial charge < -0.3 is 34.3 Å². The van der Waals surface area contributed by atoms with Crippen LogP contribution >= 0.6 is 0 Å². The molecule has 10 heteroatoms. The van der Waals surface area contributed by atoms with E-state index in [0.29, 0.717) is 12.5 Å². The number of carbonyl (C=O) groups is 2. The Morgan fingerprint density at radius 3 is 1.36 bits per heavy atom. The smallest absolute Gasteiger partial charge is 0.361 e. The molecule has 0 unspecified atom stereocenters. The first kappa shape index (κ1) is 29.5. The molecule has 0 spiro atoms. The first-order valence-electron chi connectivity index (χ1n) is 6.90. The van der Waals surface area contributed by atoms with Crippen molar-refractivity contribution in [2.45, 2.75) is 19.0 Å². The summed E-state index contributed by atoms with van der Waals surface area (Å²) >= 11 is 0. The molecule has 0 aromatic heterocycles. The number of hydrogen-bond donors (Lipinski definition) is 3. The van der Waals surface area contributed by atoms with E-state index in [2.05, 4.69) is 31.1 Å². The molecular weight excluding hydrogens is 497 g/mol. The van der Waals surface area contributed by atoms with Crippen molar-refractivity contribution >= 4 is 11.9 Å². The molecule has 0 saturated heterocycles. The summed E-state index contributed by atoms with van der Waals surface area (Å²) in [5.74, 6) is -1.73. The molecule has 0 bridgehead atoms. The predicted octanol–water partition coefficient (Wildman–Crippen LogP) is 0.491. The van der Waals surface area contributed by atoms with E-state index in [4.69, 9.17) is 15.3 Å². The monoisotopic (exact) mass is 524 g/mol. The minimum absolute atomic E-state index is 0. The van der Waals surface area contributed by atoms with E-state index < -0.39 is 24.5 Å². The van der Waals surface area contributed by atoms with Crippen molar-refractivity contribution in [3.05, 3.63) is 24.3 Å². The first-order chi connectivity index (χ1) is 11.4. The zero-order chi connectivity index (χ0) is 19.0. The average molecular weight is 523 g/mol. The van der Waals surface area contributed by atoms with Gasteiger partial charge in [-0.15, -0.1) is 0 Å². The van der Waals surface area contributed by atoms with Crippen LogP contribution < -0.4 is 0 Å². The second-order valence-corrected chi connectivity index (χ2v) is 4.23. The van der Waals surface area contributed by atoms with Gasteiger partial charge in [0.15, 0.2) is 0 Å². The Balaban J connectivity index is -0.000000285. The summed E-state index contributed by atoms with van der Waals surface area (Å²) in [4.78, 5) is 19.8. The van der Waals surface area contributed by atoms with Crippen molar-refractivity contribution in [1.82, 2.24) is 0 Å². The molecule has 0 aliphatic heterocycles. The van der Waals surface area contributed by atoms with Crippen molar-refractivity contribution < 1.29 is 90.8 Å². The summed E-state index contributed by atoms with van der Waals surface area (Å²) in [7, 11) is 5.06. The van der Waals surface area contributed by atoms with Gasteiger partial charge in [0, 0.05) is 82.0 Å². The number of hydrogen-bond acceptors (Lipinski definition) is 7. The van der Waals surface area contributed by atoms with E-state index in [-0.39, 0.29) is 46.9 Å². The Hall–Kier alpha value is -0.261. The Labute approximate surface area is 185 Å². The minimum atomic E-state index is -1.13. The fourth-order valence-corrected chi connectivity index (χ4v) is 1.42. The van der Waals surface area contributed by atoms with Gasteiger partial charge in [-0.05, 0) is 12.3 Å². The van der Waals surface area contributed by atoms with Gasteiger partial charge in [0.05, 0.1) is 0 Å². The van der Waals surface area contributed by atoms with Crippen LogP contribution in [0.2, 0.25) is 0 Å². The van der Waals surface area contributed by atoms with Gasteiger partial charge >= 0.3 is 11.9 Å². The van der Waals surface area contributed by atoms with Crippen LogP contribution in [0.5, 0.6) is 0 Å². The number of allylic oxidation sites excluding steroid dienone is 4. The number of aliphatic carboxylic acids is 2. The van der Waals surface area contributed by atoms with Gasteiger partial charge in [-0.2, -0.15) is 0 Å². The molecule has 0 saturated carbocycles. The molecule has 0 amide bonds. The summed E-state index contributed by atoms with van der Waals surface area (Å²) in [6, 6.07) is 0. The summed E-state index contributed by atoms with van der Waals surface area (Å²) in [5.41, 5.74) is 0. The number of aliphatic hydroxyl groups excluding tert-OH is 1. The predicted molar refractivity (Wildman–Crippen MR) is 84.4 cm³/mol. The summed E-state index contributed by atoms with van der Waals surface area (Å²) in [6.45, 7) is 0.291. The van der Waals surface area contributed by atoms with Gasteiger partial charge in [-0.1, -0.05) is 24.3 Å². The van der Waals surface area contributed by atoms with Gasteiger partial charge in [0.1, 0.15) is 0 Å². The third-order valence-corrected chi connectivity index (χ3v) is 2.55. The second-order valence-electron chi connectivity index (χ2n) is 4.23. The van der Waals surface area contributed by atoms with Gasteiger partial charge in [-0.25, -0.2) is 9.59 Å². The molecule has 3 N–H and O–H groups in total. The first-order valence-corrected chi connectivity index (χ1v) is 6.90. The Kier molecular flexibility index (Phi) is 23.7. The third-order valence-electron chi connectivity index (χ3n) is 2.55. The summed E-state index contributed by atoms with van der Waals surface area (Å²) < 4.78 is 17.4. The maximum atomic E-state index is 9.91. The van der Waals surface area contributed by atoms with Crippen LogP contribution in [-0.2, 0) is 28.5 Å². The van der Waals surface area contributed by atoms with Crippen LogP contribution in [0, 0.1) is 52.8 Å². The fraction of sp³-hybridized carbons (Fsp3) is 0.600.